The average Bonchev–Trinajstić information content (AvgIpc) is 3.41. The van der Waals surface area contributed by atoms with Gasteiger partial charge in [0.05, 0.1) is 6.42 Å². The van der Waals surface area contributed by atoms with Crippen LogP contribution in [0.25, 0.3) is 18.2 Å². The highest BCUT2D eigenvalue weighted by molar-refractivity contribution is 5.89. The number of carbonyl (C=O) groups is 4. The predicted octanol–water partition coefficient (Wildman–Crippen LogP) is 2.70. The zero-order valence-corrected chi connectivity index (χ0v) is 26.2. The molecule has 7 N–H and O–H groups in total. The van der Waals surface area contributed by atoms with E-state index in [1.807, 2.05) is 0 Å². The molecular weight excluding hydrogens is 676 g/mol. The molecule has 2 bridgehead atoms. The fourth-order valence-corrected chi connectivity index (χ4v) is 5.17. The molecule has 0 aromatic heterocycles. The lowest BCUT2D eigenvalue weighted by Gasteiger charge is -2.37. The summed E-state index contributed by atoms with van der Waals surface area (Å²) in [4.78, 5) is 50.9. The van der Waals surface area contributed by atoms with Gasteiger partial charge in [-0.2, -0.15) is 0 Å². The third-order valence-corrected chi connectivity index (χ3v) is 7.66. The van der Waals surface area contributed by atoms with Crippen molar-refractivity contribution >= 4 is 42.1 Å². The van der Waals surface area contributed by atoms with E-state index in [9.17, 15) is 54.9 Å². The van der Waals surface area contributed by atoms with Crippen molar-refractivity contribution in [1.82, 2.24) is 0 Å². The number of ether oxygens (including phenoxy) is 5. The molecule has 2 saturated heterocycles. The van der Waals surface area contributed by atoms with Crippen LogP contribution < -0.4 is 0 Å². The van der Waals surface area contributed by atoms with Gasteiger partial charge in [-0.05, 0) is 71.3 Å². The smallest absolute Gasteiger partial charge is 0.364 e. The number of hydrogen-bond acceptors (Lipinski definition) is 15. The maximum atomic E-state index is 13.0. The molecule has 0 spiro atoms. The second kappa shape index (κ2) is 14.9. The van der Waals surface area contributed by atoms with Crippen LogP contribution in [0.5, 0.6) is 34.5 Å². The van der Waals surface area contributed by atoms with Gasteiger partial charge in [0.2, 0.25) is 0 Å². The number of aliphatic carboxylic acids is 1. The van der Waals surface area contributed by atoms with Crippen molar-refractivity contribution in [1.29, 1.82) is 0 Å². The van der Waals surface area contributed by atoms with Crippen molar-refractivity contribution < 1.29 is 78.6 Å². The Kier molecular flexibility index (Phi) is 10.5. The van der Waals surface area contributed by atoms with Gasteiger partial charge in [0, 0.05) is 18.2 Å². The first-order valence-corrected chi connectivity index (χ1v) is 15.0. The molecule has 2 aliphatic heterocycles. The zero-order valence-electron chi connectivity index (χ0n) is 26.2. The number of phenolic OH excluding ortho intramolecular Hbond substituents is 6. The predicted molar refractivity (Wildman–Crippen MR) is 172 cm³/mol. The minimum absolute atomic E-state index is 0.296. The molecule has 5 atom stereocenters. The van der Waals surface area contributed by atoms with E-state index in [-0.39, 0.29) is 17.2 Å². The number of benzene rings is 3. The fraction of sp³-hybridized carbons (Fsp3) is 0.200. The van der Waals surface area contributed by atoms with Crippen LogP contribution in [0.4, 0.5) is 0 Å². The standard InChI is InChI=1S/C35H30O16/c36-21-7-1-18(13-24(21)39)4-10-29(42)47-17-28-33-32(49-31(44)12-6-20-3-9-23(38)26(41)15-20)27(16-35(50-28,51-33)34(45)46)48-30(43)11-5-19-2-8-22(37)25(40)14-19/h1-15,27-28,32-33,36-41H,16-17H2,(H,45,46)/b10-4+,11-5+,12-6+/t27-,28-,32-,33+,35+/m1/s1. The SMILES string of the molecule is O=C(/C=C/c1ccc(O)c(O)c1)OC[C@H]1O[C@@]2(C(=O)O)C[C@@H](OC(=O)/C=C/c3ccc(O)c(O)c3)[C@@H](OC(=O)/C=C/c3ccc(O)c(O)c3)[C@H]1O2. The summed E-state index contributed by atoms with van der Waals surface area (Å²) in [5.74, 6) is -9.42. The summed E-state index contributed by atoms with van der Waals surface area (Å²) in [6, 6.07) is 11.3. The highest BCUT2D eigenvalue weighted by Gasteiger charge is 2.64. The minimum Gasteiger partial charge on any atom is -0.504 e. The maximum Gasteiger partial charge on any atom is 0.364 e. The Morgan fingerprint density at radius 1 is 0.647 bits per heavy atom. The molecule has 266 valence electrons. The Morgan fingerprint density at radius 2 is 1.10 bits per heavy atom. The van der Waals surface area contributed by atoms with Gasteiger partial charge in [0.15, 0.2) is 40.6 Å². The first-order chi connectivity index (χ1) is 24.2. The van der Waals surface area contributed by atoms with Crippen molar-refractivity contribution in [2.24, 2.45) is 0 Å². The molecular formula is C35H30O16. The third-order valence-electron chi connectivity index (χ3n) is 7.66. The number of fused-ring (bicyclic) bond motifs is 2. The monoisotopic (exact) mass is 706 g/mol. The second-order valence-electron chi connectivity index (χ2n) is 11.3. The Morgan fingerprint density at radius 3 is 1.55 bits per heavy atom. The number of carbonyl (C=O) groups excluding carboxylic acids is 3. The number of hydrogen-bond donors (Lipinski definition) is 7. The molecule has 2 fully saturated rings. The highest BCUT2D eigenvalue weighted by Crippen LogP contribution is 2.43. The zero-order chi connectivity index (χ0) is 36.9. The number of aromatic hydroxyl groups is 6. The first-order valence-electron chi connectivity index (χ1n) is 15.0. The van der Waals surface area contributed by atoms with Crippen molar-refractivity contribution in [3.63, 3.8) is 0 Å². The minimum atomic E-state index is -2.40. The van der Waals surface area contributed by atoms with E-state index >= 15 is 0 Å². The summed E-state index contributed by atoms with van der Waals surface area (Å²) >= 11 is 0. The molecule has 3 aromatic carbocycles. The Hall–Kier alpha value is -6.52. The molecule has 0 radical (unpaired) electrons. The van der Waals surface area contributed by atoms with Crippen LogP contribution in [0.1, 0.15) is 23.1 Å². The van der Waals surface area contributed by atoms with Crippen LogP contribution in [-0.4, -0.2) is 96.4 Å². The van der Waals surface area contributed by atoms with Crippen molar-refractivity contribution in [2.75, 3.05) is 6.61 Å². The van der Waals surface area contributed by atoms with Crippen LogP contribution in [0.3, 0.4) is 0 Å². The van der Waals surface area contributed by atoms with Crippen LogP contribution in [0.2, 0.25) is 0 Å². The summed E-state index contributed by atoms with van der Waals surface area (Å²) in [7, 11) is 0. The number of esters is 3. The number of phenols is 6. The molecule has 0 saturated carbocycles. The fourth-order valence-electron chi connectivity index (χ4n) is 5.17. The van der Waals surface area contributed by atoms with E-state index in [4.69, 9.17) is 23.7 Å². The lowest BCUT2D eigenvalue weighted by Crippen LogP contribution is -2.56. The van der Waals surface area contributed by atoms with Crippen molar-refractivity contribution in [3.05, 3.63) is 89.5 Å². The second-order valence-corrected chi connectivity index (χ2v) is 11.3. The van der Waals surface area contributed by atoms with Crippen LogP contribution in [0.15, 0.2) is 72.8 Å². The number of carboxylic acids is 1. The quantitative estimate of drug-likeness (QED) is 0.0655. The molecule has 2 heterocycles. The molecule has 51 heavy (non-hydrogen) atoms. The molecule has 16 nitrogen and oxygen atoms in total. The lowest BCUT2D eigenvalue weighted by molar-refractivity contribution is -0.250. The van der Waals surface area contributed by atoms with E-state index in [0.29, 0.717) is 16.7 Å². The molecule has 0 aliphatic carbocycles. The van der Waals surface area contributed by atoms with Gasteiger partial charge in [-0.3, -0.25) is 0 Å². The van der Waals surface area contributed by atoms with E-state index in [0.717, 1.165) is 18.2 Å². The van der Waals surface area contributed by atoms with Crippen LogP contribution in [0, 0.1) is 0 Å². The van der Waals surface area contributed by atoms with Crippen molar-refractivity contribution in [2.45, 2.75) is 36.6 Å². The molecule has 5 rings (SSSR count). The van der Waals surface area contributed by atoms with Gasteiger partial charge in [0.25, 0.3) is 5.79 Å². The number of carboxylic acid groups (broad SMARTS) is 1. The van der Waals surface area contributed by atoms with Gasteiger partial charge in [-0.25, -0.2) is 19.2 Å². The normalized spacial score (nSPS) is 22.7. The summed E-state index contributed by atoms with van der Waals surface area (Å²) < 4.78 is 27.8. The molecule has 3 aromatic rings. The lowest BCUT2D eigenvalue weighted by atomic mass is 9.95. The van der Waals surface area contributed by atoms with Gasteiger partial charge in [-0.15, -0.1) is 0 Å². The summed E-state index contributed by atoms with van der Waals surface area (Å²) in [6.45, 7) is -0.606. The summed E-state index contributed by atoms with van der Waals surface area (Å²) in [6.07, 6.45) is 0.192. The number of rotatable bonds is 11. The van der Waals surface area contributed by atoms with E-state index < -0.39 is 84.4 Å². The van der Waals surface area contributed by atoms with E-state index in [2.05, 4.69) is 0 Å². The van der Waals surface area contributed by atoms with E-state index in [1.165, 1.54) is 72.8 Å². The van der Waals surface area contributed by atoms with Crippen LogP contribution in [-0.2, 0) is 42.9 Å². The van der Waals surface area contributed by atoms with E-state index in [1.54, 1.807) is 0 Å². The third kappa shape index (κ3) is 8.56. The Labute approximate surface area is 287 Å². The van der Waals surface area contributed by atoms with Gasteiger partial charge in [0.1, 0.15) is 24.9 Å². The molecule has 0 unspecified atom stereocenters. The first kappa shape index (κ1) is 35.8. The highest BCUT2D eigenvalue weighted by atomic mass is 16.8. The Bertz CT molecular complexity index is 1930. The van der Waals surface area contributed by atoms with Gasteiger partial charge in [-0.1, -0.05) is 18.2 Å². The van der Waals surface area contributed by atoms with Crippen LogP contribution >= 0.6 is 0 Å². The van der Waals surface area contributed by atoms with Gasteiger partial charge < -0.3 is 59.4 Å². The molecule has 2 aliphatic rings. The largest absolute Gasteiger partial charge is 0.504 e. The molecule has 0 amide bonds. The Balaban J connectivity index is 1.36. The molecule has 16 heteroatoms. The van der Waals surface area contributed by atoms with Gasteiger partial charge >= 0.3 is 23.9 Å². The average molecular weight is 707 g/mol. The summed E-state index contributed by atoms with van der Waals surface area (Å²) in [5, 5.41) is 67.7. The summed E-state index contributed by atoms with van der Waals surface area (Å²) in [5.41, 5.74) is 0.933. The van der Waals surface area contributed by atoms with Crippen molar-refractivity contribution in [3.8, 4) is 34.5 Å². The maximum absolute atomic E-state index is 13.0. The topological polar surface area (TPSA) is 256 Å².